The molecule has 0 amide bonds. The summed E-state index contributed by atoms with van der Waals surface area (Å²) in [5.74, 6) is -1.12. The quantitative estimate of drug-likeness (QED) is 0.881. The van der Waals surface area contributed by atoms with Crippen LogP contribution in [-0.4, -0.2) is 20.6 Å². The van der Waals surface area contributed by atoms with Gasteiger partial charge in [-0.3, -0.25) is 4.79 Å². The van der Waals surface area contributed by atoms with Gasteiger partial charge in [0.05, 0.1) is 12.7 Å². The Morgan fingerprint density at radius 3 is 3.00 bits per heavy atom. The minimum Gasteiger partial charge on any atom is -0.481 e. The maximum absolute atomic E-state index is 13.0. The van der Waals surface area contributed by atoms with E-state index in [0.29, 0.717) is 13.0 Å². The lowest BCUT2D eigenvalue weighted by Gasteiger charge is -2.07. The number of carbonyl (C=O) groups is 1. The monoisotopic (exact) mass is 248 g/mol. The van der Waals surface area contributed by atoms with Crippen molar-refractivity contribution in [2.75, 3.05) is 0 Å². The molecule has 0 bridgehead atoms. The topological polar surface area (TPSA) is 55.1 Å². The summed E-state index contributed by atoms with van der Waals surface area (Å²) >= 11 is 0. The maximum atomic E-state index is 13.0. The van der Waals surface area contributed by atoms with E-state index in [1.807, 2.05) is 10.6 Å². The van der Waals surface area contributed by atoms with Gasteiger partial charge in [-0.2, -0.15) is 0 Å². The van der Waals surface area contributed by atoms with Crippen molar-refractivity contribution in [2.24, 2.45) is 0 Å². The number of hydrogen-bond acceptors (Lipinski definition) is 2. The van der Waals surface area contributed by atoms with Crippen LogP contribution in [0.3, 0.4) is 0 Å². The number of rotatable bonds is 5. The van der Waals surface area contributed by atoms with Gasteiger partial charge in [0.15, 0.2) is 0 Å². The number of aliphatic carboxylic acids is 1. The molecule has 4 nitrogen and oxygen atoms in total. The molecule has 2 rings (SSSR count). The molecule has 0 saturated carbocycles. The van der Waals surface area contributed by atoms with Crippen molar-refractivity contribution in [2.45, 2.75) is 19.4 Å². The Labute approximate surface area is 104 Å². The molecule has 0 aliphatic heterocycles. The number of carboxylic acid groups (broad SMARTS) is 1. The number of hydrogen-bond donors (Lipinski definition) is 1. The fourth-order valence-electron chi connectivity index (χ4n) is 1.77. The van der Waals surface area contributed by atoms with E-state index in [-0.39, 0.29) is 12.2 Å². The third-order valence-corrected chi connectivity index (χ3v) is 2.64. The molecule has 94 valence electrons. The van der Waals surface area contributed by atoms with Crippen LogP contribution in [0.5, 0.6) is 0 Å². The maximum Gasteiger partial charge on any atom is 0.303 e. The second kappa shape index (κ2) is 5.44. The van der Waals surface area contributed by atoms with Crippen LogP contribution in [0, 0.1) is 5.82 Å². The van der Waals surface area contributed by atoms with Gasteiger partial charge in [-0.05, 0) is 24.1 Å². The Morgan fingerprint density at radius 2 is 2.28 bits per heavy atom. The predicted octanol–water partition coefficient (Wildman–Crippen LogP) is 2.09. The van der Waals surface area contributed by atoms with Gasteiger partial charge in [0.2, 0.25) is 0 Å². The first-order valence-corrected chi connectivity index (χ1v) is 5.60. The second-order valence-corrected chi connectivity index (χ2v) is 4.04. The summed E-state index contributed by atoms with van der Waals surface area (Å²) in [6.07, 6.45) is 3.75. The molecule has 0 aliphatic rings. The van der Waals surface area contributed by atoms with Crippen LogP contribution in [0.15, 0.2) is 36.8 Å². The predicted molar refractivity (Wildman–Crippen MR) is 63.7 cm³/mol. The SMILES string of the molecule is O=C(O)CCc1cncn1Cc1cccc(F)c1. The van der Waals surface area contributed by atoms with E-state index in [4.69, 9.17) is 5.11 Å². The minimum absolute atomic E-state index is 0.0643. The standard InChI is InChI=1S/C13H13FN2O2/c14-11-3-1-2-10(6-11)8-16-9-15-7-12(16)4-5-13(17)18/h1-3,6-7,9H,4-5,8H2,(H,17,18). The molecule has 0 fully saturated rings. The summed E-state index contributed by atoms with van der Waals surface area (Å²) in [4.78, 5) is 14.5. The average molecular weight is 248 g/mol. The molecule has 0 saturated heterocycles. The normalized spacial score (nSPS) is 10.5. The molecule has 1 aromatic heterocycles. The highest BCUT2D eigenvalue weighted by Crippen LogP contribution is 2.09. The van der Waals surface area contributed by atoms with Crippen molar-refractivity contribution in [1.29, 1.82) is 0 Å². The number of halogens is 1. The summed E-state index contributed by atoms with van der Waals surface area (Å²) in [5.41, 5.74) is 1.66. The molecule has 1 heterocycles. The molecule has 0 spiro atoms. The highest BCUT2D eigenvalue weighted by Gasteiger charge is 2.06. The fraction of sp³-hybridized carbons (Fsp3) is 0.231. The zero-order valence-corrected chi connectivity index (χ0v) is 9.71. The first-order valence-electron chi connectivity index (χ1n) is 5.60. The van der Waals surface area contributed by atoms with Gasteiger partial charge in [0.25, 0.3) is 0 Å². The van der Waals surface area contributed by atoms with Gasteiger partial charge in [0.1, 0.15) is 5.82 Å². The lowest BCUT2D eigenvalue weighted by Crippen LogP contribution is -2.06. The minimum atomic E-state index is -0.839. The van der Waals surface area contributed by atoms with Crippen molar-refractivity contribution in [1.82, 2.24) is 9.55 Å². The zero-order chi connectivity index (χ0) is 13.0. The zero-order valence-electron chi connectivity index (χ0n) is 9.71. The van der Waals surface area contributed by atoms with E-state index in [1.165, 1.54) is 12.1 Å². The van der Waals surface area contributed by atoms with Crippen LogP contribution >= 0.6 is 0 Å². The lowest BCUT2D eigenvalue weighted by atomic mass is 10.2. The molecule has 0 atom stereocenters. The summed E-state index contributed by atoms with van der Waals surface area (Å²) in [6.45, 7) is 0.493. The first kappa shape index (κ1) is 12.3. The molecule has 2 aromatic rings. The molecule has 1 aromatic carbocycles. The van der Waals surface area contributed by atoms with Gasteiger partial charge >= 0.3 is 5.97 Å². The van der Waals surface area contributed by atoms with E-state index in [9.17, 15) is 9.18 Å². The smallest absolute Gasteiger partial charge is 0.303 e. The molecule has 0 unspecified atom stereocenters. The van der Waals surface area contributed by atoms with Crippen LogP contribution in [0.25, 0.3) is 0 Å². The van der Waals surface area contributed by atoms with Crippen molar-refractivity contribution >= 4 is 5.97 Å². The number of imidazole rings is 1. The van der Waals surface area contributed by atoms with E-state index < -0.39 is 5.97 Å². The molecule has 1 N–H and O–H groups in total. The van der Waals surface area contributed by atoms with Crippen molar-refractivity contribution in [3.05, 3.63) is 53.9 Å². The van der Waals surface area contributed by atoms with Gasteiger partial charge in [-0.15, -0.1) is 0 Å². The number of aromatic nitrogens is 2. The van der Waals surface area contributed by atoms with Crippen LogP contribution in [-0.2, 0) is 17.8 Å². The number of nitrogens with zero attached hydrogens (tertiary/aromatic N) is 2. The highest BCUT2D eigenvalue weighted by atomic mass is 19.1. The highest BCUT2D eigenvalue weighted by molar-refractivity contribution is 5.66. The Morgan fingerprint density at radius 1 is 1.44 bits per heavy atom. The summed E-state index contributed by atoms with van der Waals surface area (Å²) in [6, 6.07) is 6.33. The van der Waals surface area contributed by atoms with Crippen LogP contribution in [0.2, 0.25) is 0 Å². The molecule has 0 radical (unpaired) electrons. The third kappa shape index (κ3) is 3.16. The van der Waals surface area contributed by atoms with E-state index in [1.54, 1.807) is 18.6 Å². The average Bonchev–Trinajstić information content (AvgIpc) is 2.74. The van der Waals surface area contributed by atoms with Crippen LogP contribution < -0.4 is 0 Å². The van der Waals surface area contributed by atoms with Gasteiger partial charge in [0, 0.05) is 18.4 Å². The van der Waals surface area contributed by atoms with E-state index >= 15 is 0 Å². The van der Waals surface area contributed by atoms with Gasteiger partial charge in [-0.1, -0.05) is 12.1 Å². The largest absolute Gasteiger partial charge is 0.481 e. The first-order chi connectivity index (χ1) is 8.65. The molecular formula is C13H13FN2O2. The van der Waals surface area contributed by atoms with Crippen molar-refractivity contribution in [3.63, 3.8) is 0 Å². The van der Waals surface area contributed by atoms with Crippen molar-refractivity contribution < 1.29 is 14.3 Å². The Bertz CT molecular complexity index is 551. The second-order valence-electron chi connectivity index (χ2n) is 4.04. The Balaban J connectivity index is 2.10. The lowest BCUT2D eigenvalue weighted by molar-refractivity contribution is -0.136. The molecular weight excluding hydrogens is 235 g/mol. The Kier molecular flexibility index (Phi) is 3.72. The summed E-state index contributed by atoms with van der Waals surface area (Å²) in [5, 5.41) is 8.65. The number of carboxylic acids is 1. The number of aryl methyl sites for hydroxylation is 1. The summed E-state index contributed by atoms with van der Waals surface area (Å²) in [7, 11) is 0. The molecule has 0 aliphatic carbocycles. The van der Waals surface area contributed by atoms with E-state index in [0.717, 1.165) is 11.3 Å². The van der Waals surface area contributed by atoms with Gasteiger partial charge < -0.3 is 9.67 Å². The fourth-order valence-corrected chi connectivity index (χ4v) is 1.77. The van der Waals surface area contributed by atoms with Gasteiger partial charge in [-0.25, -0.2) is 9.37 Å². The molecule has 5 heteroatoms. The van der Waals surface area contributed by atoms with Crippen LogP contribution in [0.4, 0.5) is 4.39 Å². The third-order valence-electron chi connectivity index (χ3n) is 2.64. The number of benzene rings is 1. The summed E-state index contributed by atoms with van der Waals surface area (Å²) < 4.78 is 14.9. The molecule has 18 heavy (non-hydrogen) atoms. The Hall–Kier alpha value is -2.17. The van der Waals surface area contributed by atoms with Crippen LogP contribution in [0.1, 0.15) is 17.7 Å². The van der Waals surface area contributed by atoms with E-state index in [2.05, 4.69) is 4.98 Å². The van der Waals surface area contributed by atoms with Crippen molar-refractivity contribution in [3.8, 4) is 0 Å².